The number of hydrogen-bond donors (Lipinski definition) is 2. The van der Waals surface area contributed by atoms with Crippen molar-refractivity contribution in [3.63, 3.8) is 0 Å². The normalized spacial score (nSPS) is 15.1. The number of hydrogen-bond acceptors (Lipinski definition) is 2. The van der Waals surface area contributed by atoms with Crippen LogP contribution in [0.5, 0.6) is 0 Å². The lowest BCUT2D eigenvalue weighted by atomic mass is 9.71. The number of carbonyl (C=O) groups is 1. The van der Waals surface area contributed by atoms with E-state index in [-0.39, 0.29) is 11.0 Å². The third-order valence-corrected chi connectivity index (χ3v) is 6.04. The molecule has 3 aromatic carbocycles. The molecule has 0 amide bonds. The second kappa shape index (κ2) is 8.49. The van der Waals surface area contributed by atoms with Crippen LogP contribution < -0.4 is 0 Å². The number of fused-ring (bicyclic) bond motifs is 1. The van der Waals surface area contributed by atoms with Crippen LogP contribution in [-0.2, 0) is 5.41 Å². The monoisotopic (exact) mass is 422 g/mol. The predicted octanol–water partition coefficient (Wildman–Crippen LogP) is 5.89. The zero-order valence-corrected chi connectivity index (χ0v) is 18.5. The van der Waals surface area contributed by atoms with Gasteiger partial charge in [-0.15, -0.1) is 0 Å². The summed E-state index contributed by atoms with van der Waals surface area (Å²) in [6.07, 6.45) is 2.30. The van der Waals surface area contributed by atoms with Crippen LogP contribution in [0.2, 0.25) is 0 Å². The zero-order valence-electron chi connectivity index (χ0n) is 18.5. The molecule has 0 aliphatic heterocycles. The standard InChI is InChI=1S/C29H26O3/c1-19-4-9-21(10-5-19)24-16-17-29(2,3)26-18-23(13-14-25(24)26)27(30)15-8-20-6-11-22(12-7-20)28(31)32/h4-7,9-14,16,18,27,30H,17H2,1-3H3,(H,31,32). The Labute approximate surface area is 189 Å². The van der Waals surface area contributed by atoms with Gasteiger partial charge in [0, 0.05) is 5.56 Å². The number of aryl methyl sites for hydroxylation is 1. The molecule has 3 aromatic rings. The van der Waals surface area contributed by atoms with Crippen LogP contribution in [-0.4, -0.2) is 16.2 Å². The van der Waals surface area contributed by atoms with Crippen molar-refractivity contribution in [2.24, 2.45) is 0 Å². The van der Waals surface area contributed by atoms with Gasteiger partial charge >= 0.3 is 5.97 Å². The molecule has 3 nitrogen and oxygen atoms in total. The molecule has 4 rings (SSSR count). The summed E-state index contributed by atoms with van der Waals surface area (Å²) in [5, 5.41) is 19.7. The average Bonchev–Trinajstić information content (AvgIpc) is 2.78. The van der Waals surface area contributed by atoms with E-state index in [0.717, 1.165) is 12.0 Å². The van der Waals surface area contributed by atoms with Crippen molar-refractivity contribution < 1.29 is 15.0 Å². The molecule has 160 valence electrons. The van der Waals surface area contributed by atoms with Crippen molar-refractivity contribution in [3.05, 3.63) is 112 Å². The molecule has 1 unspecified atom stereocenters. The van der Waals surface area contributed by atoms with Gasteiger partial charge in [0.2, 0.25) is 0 Å². The number of aliphatic hydroxyl groups excluding tert-OH is 1. The first-order valence-corrected chi connectivity index (χ1v) is 10.7. The molecule has 32 heavy (non-hydrogen) atoms. The van der Waals surface area contributed by atoms with Crippen molar-refractivity contribution in [3.8, 4) is 11.8 Å². The van der Waals surface area contributed by atoms with Crippen LogP contribution in [0.4, 0.5) is 0 Å². The average molecular weight is 423 g/mol. The van der Waals surface area contributed by atoms with Gasteiger partial charge in [0.1, 0.15) is 6.10 Å². The zero-order chi connectivity index (χ0) is 22.9. The lowest BCUT2D eigenvalue weighted by Gasteiger charge is -2.33. The SMILES string of the molecule is Cc1ccc(C2=CCC(C)(C)c3cc(C(O)C#Cc4ccc(C(=O)O)cc4)ccc32)cc1. The maximum Gasteiger partial charge on any atom is 0.335 e. The highest BCUT2D eigenvalue weighted by atomic mass is 16.4. The second-order valence-electron chi connectivity index (χ2n) is 8.93. The number of allylic oxidation sites excluding steroid dienone is 1. The summed E-state index contributed by atoms with van der Waals surface area (Å²) >= 11 is 0. The molecule has 0 saturated heterocycles. The Hall–Kier alpha value is -3.61. The molecular formula is C29H26O3. The van der Waals surface area contributed by atoms with Crippen molar-refractivity contribution in [2.45, 2.75) is 38.7 Å². The van der Waals surface area contributed by atoms with Crippen molar-refractivity contribution in [1.29, 1.82) is 0 Å². The fraction of sp³-hybridized carbons (Fsp3) is 0.207. The van der Waals surface area contributed by atoms with E-state index in [1.54, 1.807) is 12.1 Å². The summed E-state index contributed by atoms with van der Waals surface area (Å²) in [6, 6.07) is 21.0. The maximum absolute atomic E-state index is 11.0. The highest BCUT2D eigenvalue weighted by Crippen LogP contribution is 2.42. The van der Waals surface area contributed by atoms with Gasteiger partial charge in [-0.2, -0.15) is 0 Å². The third kappa shape index (κ3) is 4.37. The molecule has 2 N–H and O–H groups in total. The van der Waals surface area contributed by atoms with Gasteiger partial charge in [-0.1, -0.05) is 79.8 Å². The number of aliphatic hydroxyl groups is 1. The number of aromatic carboxylic acids is 1. The first-order valence-electron chi connectivity index (χ1n) is 10.7. The van der Waals surface area contributed by atoms with Gasteiger partial charge in [-0.3, -0.25) is 0 Å². The van der Waals surface area contributed by atoms with E-state index < -0.39 is 12.1 Å². The smallest absolute Gasteiger partial charge is 0.335 e. The molecule has 1 aliphatic carbocycles. The fourth-order valence-electron chi connectivity index (χ4n) is 4.04. The van der Waals surface area contributed by atoms with E-state index in [1.807, 2.05) is 6.07 Å². The van der Waals surface area contributed by atoms with Gasteiger partial charge in [-0.25, -0.2) is 4.79 Å². The molecule has 0 saturated carbocycles. The van der Waals surface area contributed by atoms with E-state index in [1.165, 1.54) is 40.0 Å². The Morgan fingerprint density at radius 1 is 1.00 bits per heavy atom. The number of rotatable bonds is 3. The topological polar surface area (TPSA) is 57.5 Å². The third-order valence-electron chi connectivity index (χ3n) is 6.04. The lowest BCUT2D eigenvalue weighted by molar-refractivity contribution is 0.0697. The quantitative estimate of drug-likeness (QED) is 0.517. The van der Waals surface area contributed by atoms with E-state index in [9.17, 15) is 9.90 Å². The van der Waals surface area contributed by atoms with E-state index in [4.69, 9.17) is 5.11 Å². The predicted molar refractivity (Wildman–Crippen MR) is 128 cm³/mol. The minimum Gasteiger partial charge on any atom is -0.478 e. The Kier molecular flexibility index (Phi) is 5.74. The highest BCUT2D eigenvalue weighted by Gasteiger charge is 2.29. The second-order valence-corrected chi connectivity index (χ2v) is 8.93. The summed E-state index contributed by atoms with van der Waals surface area (Å²) in [6.45, 7) is 6.53. The van der Waals surface area contributed by atoms with E-state index >= 15 is 0 Å². The van der Waals surface area contributed by atoms with Crippen molar-refractivity contribution in [2.75, 3.05) is 0 Å². The Morgan fingerprint density at radius 3 is 2.34 bits per heavy atom. The number of carboxylic acids is 1. The maximum atomic E-state index is 11.0. The molecule has 1 atom stereocenters. The summed E-state index contributed by atoms with van der Waals surface area (Å²) in [5.74, 6) is 4.86. The highest BCUT2D eigenvalue weighted by molar-refractivity contribution is 5.87. The van der Waals surface area contributed by atoms with E-state index in [0.29, 0.717) is 5.56 Å². The summed E-state index contributed by atoms with van der Waals surface area (Å²) < 4.78 is 0. The summed E-state index contributed by atoms with van der Waals surface area (Å²) in [7, 11) is 0. The van der Waals surface area contributed by atoms with Gasteiger partial charge < -0.3 is 10.2 Å². The molecule has 0 spiro atoms. The van der Waals surface area contributed by atoms with Crippen LogP contribution in [0, 0.1) is 18.8 Å². The summed E-state index contributed by atoms with van der Waals surface area (Å²) in [5.41, 5.74) is 7.66. The van der Waals surface area contributed by atoms with Crippen LogP contribution in [0.1, 0.15) is 70.1 Å². The Morgan fingerprint density at radius 2 is 1.69 bits per heavy atom. The Balaban J connectivity index is 1.64. The molecule has 0 fully saturated rings. The fourth-order valence-corrected chi connectivity index (χ4v) is 4.04. The largest absolute Gasteiger partial charge is 0.478 e. The van der Waals surface area contributed by atoms with Gasteiger partial charge in [0.05, 0.1) is 5.56 Å². The van der Waals surface area contributed by atoms with Crippen LogP contribution in [0.3, 0.4) is 0 Å². The van der Waals surface area contributed by atoms with Gasteiger partial charge in [-0.05, 0) is 70.9 Å². The number of benzene rings is 3. The van der Waals surface area contributed by atoms with Crippen LogP contribution in [0.15, 0.2) is 72.8 Å². The molecule has 3 heteroatoms. The van der Waals surface area contributed by atoms with Gasteiger partial charge in [0.15, 0.2) is 0 Å². The lowest BCUT2D eigenvalue weighted by Crippen LogP contribution is -2.22. The molecular weight excluding hydrogens is 396 g/mol. The van der Waals surface area contributed by atoms with Crippen molar-refractivity contribution >= 4 is 11.5 Å². The first-order chi connectivity index (χ1) is 15.2. The summed E-state index contributed by atoms with van der Waals surface area (Å²) in [4.78, 5) is 11.0. The minimum absolute atomic E-state index is 0.0423. The van der Waals surface area contributed by atoms with Crippen LogP contribution >= 0.6 is 0 Å². The Bertz CT molecular complexity index is 1250. The molecule has 0 aromatic heterocycles. The molecule has 0 bridgehead atoms. The van der Waals surface area contributed by atoms with Gasteiger partial charge in [0.25, 0.3) is 0 Å². The number of carboxylic acid groups (broad SMARTS) is 1. The molecule has 0 heterocycles. The minimum atomic E-state index is -0.972. The molecule has 1 aliphatic rings. The van der Waals surface area contributed by atoms with E-state index in [2.05, 4.69) is 75.1 Å². The van der Waals surface area contributed by atoms with Crippen LogP contribution in [0.25, 0.3) is 5.57 Å². The molecule has 0 radical (unpaired) electrons. The van der Waals surface area contributed by atoms with Crippen molar-refractivity contribution in [1.82, 2.24) is 0 Å². The first kappa shape index (κ1) is 21.6.